The number of aliphatic imine (C=N–C) groups is 1. The quantitative estimate of drug-likeness (QED) is 0.185. The summed E-state index contributed by atoms with van der Waals surface area (Å²) in [4.78, 5) is 31.2. The van der Waals surface area contributed by atoms with Crippen molar-refractivity contribution in [3.63, 3.8) is 0 Å². The number of hydrogen-bond acceptors (Lipinski definition) is 8. The molecule has 0 aliphatic heterocycles. The molecule has 0 amide bonds. The van der Waals surface area contributed by atoms with Gasteiger partial charge in [-0.25, -0.2) is 0 Å². The van der Waals surface area contributed by atoms with Crippen molar-refractivity contribution in [1.29, 1.82) is 0 Å². The molecular formula is C25H19Cl2N3O3S2. The van der Waals surface area contributed by atoms with Gasteiger partial charge in [-0.2, -0.15) is 10.2 Å². The summed E-state index contributed by atoms with van der Waals surface area (Å²) in [6.07, 6.45) is 4.12. The molecule has 0 radical (unpaired) electrons. The maximum absolute atomic E-state index is 12.7. The summed E-state index contributed by atoms with van der Waals surface area (Å²) in [5.74, 6) is -0.134. The molecule has 1 N–H and O–H groups in total. The molecular weight excluding hydrogens is 525 g/mol. The van der Waals surface area contributed by atoms with Gasteiger partial charge in [0.1, 0.15) is 12.3 Å². The summed E-state index contributed by atoms with van der Waals surface area (Å²) >= 11 is 14.6. The summed E-state index contributed by atoms with van der Waals surface area (Å²) in [6.45, 7) is 1.66. The summed E-state index contributed by atoms with van der Waals surface area (Å²) in [6, 6.07) is 10.3. The molecule has 0 saturated carbocycles. The lowest BCUT2D eigenvalue weighted by atomic mass is 10.1. The van der Waals surface area contributed by atoms with Gasteiger partial charge in [-0.1, -0.05) is 29.3 Å². The molecule has 0 bridgehead atoms. The second-order valence-corrected chi connectivity index (χ2v) is 10.4. The maximum atomic E-state index is 12.7. The molecule has 6 nitrogen and oxygen atoms in total. The molecule has 0 aliphatic carbocycles. The van der Waals surface area contributed by atoms with Gasteiger partial charge in [0.2, 0.25) is 0 Å². The van der Waals surface area contributed by atoms with Crippen LogP contribution in [0.4, 0.5) is 0 Å². The Hall–Kier alpha value is -2.91. The Morgan fingerprint density at radius 2 is 1.80 bits per heavy atom. The first-order chi connectivity index (χ1) is 16.8. The van der Waals surface area contributed by atoms with Crippen molar-refractivity contribution in [2.75, 3.05) is 6.54 Å². The number of aryl methyl sites for hydroxylation is 1. The first kappa shape index (κ1) is 25.2. The van der Waals surface area contributed by atoms with Crippen LogP contribution in [0.25, 0.3) is 10.4 Å². The van der Waals surface area contributed by atoms with E-state index in [1.54, 1.807) is 55.0 Å². The zero-order valence-electron chi connectivity index (χ0n) is 18.5. The molecule has 35 heavy (non-hydrogen) atoms. The van der Waals surface area contributed by atoms with E-state index < -0.39 is 0 Å². The zero-order valence-corrected chi connectivity index (χ0v) is 21.6. The Labute approximate surface area is 219 Å². The number of carbonyl (C=O) groups is 2. The van der Waals surface area contributed by atoms with Crippen molar-refractivity contribution < 1.29 is 14.7 Å². The van der Waals surface area contributed by atoms with Gasteiger partial charge in [0.15, 0.2) is 11.6 Å². The van der Waals surface area contributed by atoms with E-state index in [0.29, 0.717) is 48.8 Å². The standard InChI is InChI=1S/C25H19Cl2N3O3S2/c1-14(17-13-34-25(24(17)33)16-3-4-18(26)19(27)10-16)28-12-21(32)23-7-6-22(35-23)20(31)5-2-15-8-9-29-30-11-15/h3-4,6-11,13,33H,2,5,12H2,1H3. The minimum Gasteiger partial charge on any atom is -0.506 e. The van der Waals surface area contributed by atoms with E-state index in [2.05, 4.69) is 15.2 Å². The lowest BCUT2D eigenvalue weighted by Gasteiger charge is -2.03. The number of aromatic hydroxyl groups is 1. The highest BCUT2D eigenvalue weighted by Gasteiger charge is 2.17. The van der Waals surface area contributed by atoms with E-state index in [-0.39, 0.29) is 23.9 Å². The minimum atomic E-state index is -0.189. The molecule has 1 aromatic carbocycles. The number of rotatable bonds is 9. The summed E-state index contributed by atoms with van der Waals surface area (Å²) in [5, 5.41) is 20.9. The van der Waals surface area contributed by atoms with Crippen LogP contribution in [0.3, 0.4) is 0 Å². The third-order valence-corrected chi connectivity index (χ3v) is 8.16. The van der Waals surface area contributed by atoms with Crippen LogP contribution in [-0.2, 0) is 6.42 Å². The lowest BCUT2D eigenvalue weighted by Crippen LogP contribution is -2.04. The van der Waals surface area contributed by atoms with Crippen molar-refractivity contribution in [2.24, 2.45) is 4.99 Å². The van der Waals surface area contributed by atoms with Gasteiger partial charge >= 0.3 is 0 Å². The number of Topliss-reactive ketones (excluding diaryl/α,β-unsaturated/α-hetero) is 2. The van der Waals surface area contributed by atoms with Crippen LogP contribution in [0.1, 0.15) is 43.8 Å². The van der Waals surface area contributed by atoms with Crippen LogP contribution in [0, 0.1) is 0 Å². The second kappa shape index (κ2) is 11.2. The molecule has 0 aliphatic rings. The van der Waals surface area contributed by atoms with Crippen LogP contribution in [0.5, 0.6) is 5.75 Å². The van der Waals surface area contributed by atoms with Gasteiger partial charge in [-0.05, 0) is 54.8 Å². The Balaban J connectivity index is 1.40. The van der Waals surface area contributed by atoms with E-state index in [0.717, 1.165) is 11.1 Å². The first-order valence-corrected chi connectivity index (χ1v) is 13.0. The SMILES string of the molecule is CC(=NCC(=O)c1ccc(C(=O)CCc2ccnnc2)s1)c1csc(-c2ccc(Cl)c(Cl)c2)c1O. The number of nitrogens with zero attached hydrogens (tertiary/aromatic N) is 3. The molecule has 4 rings (SSSR count). The number of carbonyl (C=O) groups excluding carboxylic acids is 2. The molecule has 178 valence electrons. The van der Waals surface area contributed by atoms with Crippen LogP contribution in [0.2, 0.25) is 10.0 Å². The van der Waals surface area contributed by atoms with Gasteiger partial charge in [0.25, 0.3) is 0 Å². The Bertz CT molecular complexity index is 1410. The molecule has 10 heteroatoms. The molecule has 0 spiro atoms. The second-order valence-electron chi connectivity index (χ2n) is 7.62. The number of aromatic nitrogens is 2. The summed E-state index contributed by atoms with van der Waals surface area (Å²) < 4.78 is 0. The molecule has 0 fully saturated rings. The molecule has 0 saturated heterocycles. The summed E-state index contributed by atoms with van der Waals surface area (Å²) in [5.41, 5.74) is 2.77. The van der Waals surface area contributed by atoms with Crippen molar-refractivity contribution in [3.8, 4) is 16.2 Å². The van der Waals surface area contributed by atoms with Gasteiger partial charge in [-0.3, -0.25) is 14.6 Å². The maximum Gasteiger partial charge on any atom is 0.194 e. The highest BCUT2D eigenvalue weighted by Crippen LogP contribution is 2.40. The Kier molecular flexibility index (Phi) is 8.07. The normalized spacial score (nSPS) is 11.6. The average Bonchev–Trinajstić information content (AvgIpc) is 3.51. The molecule has 4 aromatic rings. The third kappa shape index (κ3) is 6.02. The van der Waals surface area contributed by atoms with E-state index in [9.17, 15) is 14.7 Å². The van der Waals surface area contributed by atoms with Crippen molar-refractivity contribution >= 4 is 63.2 Å². The molecule has 3 aromatic heterocycles. The minimum absolute atomic E-state index is 0.0245. The number of hydrogen-bond donors (Lipinski definition) is 1. The first-order valence-electron chi connectivity index (χ1n) is 10.5. The monoisotopic (exact) mass is 543 g/mol. The summed E-state index contributed by atoms with van der Waals surface area (Å²) in [7, 11) is 0. The van der Waals surface area contributed by atoms with Crippen LogP contribution >= 0.6 is 45.9 Å². The third-order valence-electron chi connectivity index (χ3n) is 5.24. The fourth-order valence-electron chi connectivity index (χ4n) is 3.29. The average molecular weight is 544 g/mol. The highest BCUT2D eigenvalue weighted by atomic mass is 35.5. The van der Waals surface area contributed by atoms with E-state index >= 15 is 0 Å². The van der Waals surface area contributed by atoms with Crippen LogP contribution < -0.4 is 0 Å². The smallest absolute Gasteiger partial charge is 0.194 e. The van der Waals surface area contributed by atoms with Gasteiger partial charge < -0.3 is 5.11 Å². The number of benzene rings is 1. The van der Waals surface area contributed by atoms with E-state index in [4.69, 9.17) is 23.2 Å². The molecule has 3 heterocycles. The van der Waals surface area contributed by atoms with Crippen LogP contribution in [-0.4, -0.2) is 39.1 Å². The molecule has 0 atom stereocenters. The van der Waals surface area contributed by atoms with Gasteiger partial charge in [-0.15, -0.1) is 22.7 Å². The Morgan fingerprint density at radius 3 is 2.51 bits per heavy atom. The Morgan fingerprint density at radius 1 is 1.03 bits per heavy atom. The number of thiophene rings is 2. The van der Waals surface area contributed by atoms with Gasteiger partial charge in [0.05, 0.1) is 30.9 Å². The largest absolute Gasteiger partial charge is 0.506 e. The van der Waals surface area contributed by atoms with Crippen molar-refractivity contribution in [1.82, 2.24) is 10.2 Å². The van der Waals surface area contributed by atoms with Crippen molar-refractivity contribution in [3.05, 3.63) is 85.1 Å². The van der Waals surface area contributed by atoms with Crippen LogP contribution in [0.15, 0.2) is 59.2 Å². The zero-order chi connectivity index (χ0) is 24.9. The molecule has 0 unspecified atom stereocenters. The lowest BCUT2D eigenvalue weighted by molar-refractivity contribution is 0.0984. The topological polar surface area (TPSA) is 92.5 Å². The van der Waals surface area contributed by atoms with E-state index in [1.807, 2.05) is 6.07 Å². The van der Waals surface area contributed by atoms with Gasteiger partial charge in [0, 0.05) is 29.3 Å². The predicted octanol–water partition coefficient (Wildman–Crippen LogP) is 6.79. The number of halogens is 2. The highest BCUT2D eigenvalue weighted by molar-refractivity contribution is 7.16. The number of ketones is 2. The predicted molar refractivity (Wildman–Crippen MR) is 142 cm³/mol. The fraction of sp³-hybridized carbons (Fsp3) is 0.160. The fourth-order valence-corrected chi connectivity index (χ4v) is 5.49. The van der Waals surface area contributed by atoms with E-state index in [1.165, 1.54) is 22.7 Å². The van der Waals surface area contributed by atoms with Crippen molar-refractivity contribution in [2.45, 2.75) is 19.8 Å².